The maximum absolute atomic E-state index is 11.3. The number of fused-ring (bicyclic) bond motifs is 1. The third-order valence-electron chi connectivity index (χ3n) is 2.78. The number of benzene rings is 1. The zero-order chi connectivity index (χ0) is 12.4. The Morgan fingerprint density at radius 1 is 1.65 bits per heavy atom. The molecular weight excluding hydrogens is 222 g/mol. The molecule has 0 fully saturated rings. The number of methoxy groups -OCH3 is 1. The maximum atomic E-state index is 11.3. The average Bonchev–Trinajstić information content (AvgIpc) is 2.70. The van der Waals surface area contributed by atoms with Gasteiger partial charge < -0.3 is 14.6 Å². The summed E-state index contributed by atoms with van der Waals surface area (Å²) in [5.74, 6) is 0.516. The van der Waals surface area contributed by atoms with E-state index in [9.17, 15) is 9.90 Å². The summed E-state index contributed by atoms with van der Waals surface area (Å²) in [7, 11) is 1.36. The number of aromatic hydroxyl groups is 1. The van der Waals surface area contributed by atoms with Gasteiger partial charge in [-0.2, -0.15) is 0 Å². The fraction of sp³-hybridized carbons (Fsp3) is 0.417. The van der Waals surface area contributed by atoms with Crippen molar-refractivity contribution in [1.82, 2.24) is 5.32 Å². The second-order valence-electron chi connectivity index (χ2n) is 4.00. The summed E-state index contributed by atoms with van der Waals surface area (Å²) < 4.78 is 10.1. The van der Waals surface area contributed by atoms with Gasteiger partial charge in [-0.15, -0.1) is 0 Å². The number of esters is 1. The first-order chi connectivity index (χ1) is 8.11. The highest BCUT2D eigenvalue weighted by Crippen LogP contribution is 2.34. The summed E-state index contributed by atoms with van der Waals surface area (Å²) in [6.45, 7) is 2.18. The number of carbonyl (C=O) groups is 1. The number of carbonyl (C=O) groups excluding carboxylic acids is 1. The Morgan fingerprint density at radius 3 is 3.12 bits per heavy atom. The molecule has 5 nitrogen and oxygen atoms in total. The molecule has 0 saturated carbocycles. The lowest BCUT2D eigenvalue weighted by Crippen LogP contribution is -2.38. The molecule has 0 aromatic heterocycles. The number of hydrogen-bond donors (Lipinski definition) is 2. The predicted molar refractivity (Wildman–Crippen MR) is 61.0 cm³/mol. The summed E-state index contributed by atoms with van der Waals surface area (Å²) >= 11 is 0. The first-order valence-corrected chi connectivity index (χ1v) is 5.41. The molecular formula is C12H15NO4. The lowest BCUT2D eigenvalue weighted by Gasteiger charge is -2.16. The average molecular weight is 237 g/mol. The zero-order valence-corrected chi connectivity index (χ0v) is 9.77. The van der Waals surface area contributed by atoms with Crippen LogP contribution in [0.1, 0.15) is 18.5 Å². The highest BCUT2D eigenvalue weighted by Gasteiger charge is 2.27. The van der Waals surface area contributed by atoms with Crippen molar-refractivity contribution in [3.63, 3.8) is 0 Å². The second-order valence-corrected chi connectivity index (χ2v) is 4.00. The van der Waals surface area contributed by atoms with Gasteiger partial charge in [0.05, 0.1) is 13.2 Å². The van der Waals surface area contributed by atoms with E-state index in [0.29, 0.717) is 12.4 Å². The molecule has 92 valence electrons. The van der Waals surface area contributed by atoms with E-state index < -0.39 is 6.04 Å². The smallest absolute Gasteiger partial charge is 0.322 e. The fourth-order valence-electron chi connectivity index (χ4n) is 1.88. The van der Waals surface area contributed by atoms with Gasteiger partial charge in [-0.05, 0) is 19.1 Å². The first kappa shape index (κ1) is 11.7. The van der Waals surface area contributed by atoms with Crippen molar-refractivity contribution in [3.05, 3.63) is 23.8 Å². The first-order valence-electron chi connectivity index (χ1n) is 5.41. The zero-order valence-electron chi connectivity index (χ0n) is 9.77. The number of phenolic OH excluding ortho intramolecular Hbond substituents is 1. The Bertz CT molecular complexity index is 433. The Kier molecular flexibility index (Phi) is 3.19. The van der Waals surface area contributed by atoms with Gasteiger partial charge in [0, 0.05) is 11.6 Å². The minimum absolute atomic E-state index is 0.0558. The van der Waals surface area contributed by atoms with E-state index >= 15 is 0 Å². The van der Waals surface area contributed by atoms with Crippen LogP contribution in [0.2, 0.25) is 0 Å². The molecule has 2 atom stereocenters. The minimum Gasteiger partial charge on any atom is -0.508 e. The summed E-state index contributed by atoms with van der Waals surface area (Å²) in [6, 6.07) is 4.51. The molecule has 5 heteroatoms. The molecule has 0 radical (unpaired) electrons. The molecule has 0 spiro atoms. The van der Waals surface area contributed by atoms with E-state index in [1.807, 2.05) is 0 Å². The van der Waals surface area contributed by atoms with Crippen LogP contribution in [0, 0.1) is 0 Å². The normalized spacial score (nSPS) is 19.3. The maximum Gasteiger partial charge on any atom is 0.322 e. The lowest BCUT2D eigenvalue weighted by atomic mass is 10.1. The molecule has 2 rings (SSSR count). The van der Waals surface area contributed by atoms with E-state index in [2.05, 4.69) is 10.1 Å². The van der Waals surface area contributed by atoms with Crippen molar-refractivity contribution in [2.45, 2.75) is 19.0 Å². The van der Waals surface area contributed by atoms with Crippen LogP contribution in [-0.4, -0.2) is 30.8 Å². The van der Waals surface area contributed by atoms with E-state index in [-0.39, 0.29) is 17.8 Å². The molecule has 2 N–H and O–H groups in total. The van der Waals surface area contributed by atoms with Gasteiger partial charge >= 0.3 is 5.97 Å². The molecule has 0 amide bonds. The molecule has 0 bridgehead atoms. The topological polar surface area (TPSA) is 67.8 Å². The van der Waals surface area contributed by atoms with Gasteiger partial charge in [0.1, 0.15) is 24.1 Å². The Balaban J connectivity index is 2.09. The van der Waals surface area contributed by atoms with E-state index in [1.54, 1.807) is 25.1 Å². The van der Waals surface area contributed by atoms with Crippen molar-refractivity contribution in [2.24, 2.45) is 0 Å². The van der Waals surface area contributed by atoms with Gasteiger partial charge in [-0.25, -0.2) is 0 Å². The van der Waals surface area contributed by atoms with E-state index in [4.69, 9.17) is 4.74 Å². The van der Waals surface area contributed by atoms with Gasteiger partial charge in [0.25, 0.3) is 0 Å². The molecule has 1 aromatic carbocycles. The van der Waals surface area contributed by atoms with Crippen molar-refractivity contribution >= 4 is 5.97 Å². The van der Waals surface area contributed by atoms with Crippen molar-refractivity contribution in [2.75, 3.05) is 13.7 Å². The third-order valence-corrected chi connectivity index (χ3v) is 2.78. The van der Waals surface area contributed by atoms with E-state index in [1.165, 1.54) is 7.11 Å². The molecule has 1 aliphatic heterocycles. The molecule has 0 aliphatic carbocycles. The van der Waals surface area contributed by atoms with Crippen molar-refractivity contribution in [3.8, 4) is 11.5 Å². The minimum atomic E-state index is -0.395. The molecule has 2 unspecified atom stereocenters. The van der Waals surface area contributed by atoms with Crippen LogP contribution in [0.3, 0.4) is 0 Å². The van der Waals surface area contributed by atoms with Crippen LogP contribution in [0.15, 0.2) is 18.2 Å². The van der Waals surface area contributed by atoms with Gasteiger partial charge in [0.2, 0.25) is 0 Å². The van der Waals surface area contributed by atoms with Crippen molar-refractivity contribution in [1.29, 1.82) is 0 Å². The second kappa shape index (κ2) is 4.63. The van der Waals surface area contributed by atoms with Crippen LogP contribution >= 0.6 is 0 Å². The Labute approximate surface area is 99.3 Å². The largest absolute Gasteiger partial charge is 0.508 e. The van der Waals surface area contributed by atoms with Gasteiger partial charge in [-0.1, -0.05) is 0 Å². The van der Waals surface area contributed by atoms with Gasteiger partial charge in [-0.3, -0.25) is 10.1 Å². The summed E-state index contributed by atoms with van der Waals surface area (Å²) in [5.41, 5.74) is 0.943. The fourth-order valence-corrected chi connectivity index (χ4v) is 1.88. The summed E-state index contributed by atoms with van der Waals surface area (Å²) in [5, 5.41) is 12.4. The van der Waals surface area contributed by atoms with E-state index in [0.717, 1.165) is 5.56 Å². The van der Waals surface area contributed by atoms with Gasteiger partial charge in [0.15, 0.2) is 0 Å². The van der Waals surface area contributed by atoms with Crippen molar-refractivity contribution < 1.29 is 19.4 Å². The number of hydrogen-bond acceptors (Lipinski definition) is 5. The number of rotatable bonds is 3. The van der Waals surface area contributed by atoms with Crippen LogP contribution < -0.4 is 10.1 Å². The third kappa shape index (κ3) is 2.34. The van der Waals surface area contributed by atoms with Crippen LogP contribution in [0.4, 0.5) is 0 Å². The SMILES string of the molecule is COC(=O)C(C)NC1COc2cc(O)ccc21. The molecule has 0 saturated heterocycles. The number of nitrogens with one attached hydrogen (secondary N) is 1. The Hall–Kier alpha value is -1.75. The van der Waals surface area contributed by atoms with Crippen LogP contribution in [-0.2, 0) is 9.53 Å². The Morgan fingerprint density at radius 2 is 2.41 bits per heavy atom. The highest BCUT2D eigenvalue weighted by atomic mass is 16.5. The van der Waals surface area contributed by atoms with Crippen LogP contribution in [0.25, 0.3) is 0 Å². The molecule has 1 aromatic rings. The van der Waals surface area contributed by atoms with Crippen LogP contribution in [0.5, 0.6) is 11.5 Å². The summed E-state index contributed by atoms with van der Waals surface area (Å²) in [4.78, 5) is 11.3. The molecule has 1 aliphatic rings. The quantitative estimate of drug-likeness (QED) is 0.767. The highest BCUT2D eigenvalue weighted by molar-refractivity contribution is 5.75. The number of ether oxygens (including phenoxy) is 2. The summed E-state index contributed by atoms with van der Waals surface area (Å²) in [6.07, 6.45) is 0. The molecule has 17 heavy (non-hydrogen) atoms. The predicted octanol–water partition coefficient (Wildman–Crippen LogP) is 0.977. The molecule has 1 heterocycles. The number of phenols is 1. The monoisotopic (exact) mass is 237 g/mol. The lowest BCUT2D eigenvalue weighted by molar-refractivity contribution is -0.142. The standard InChI is InChI=1S/C12H15NO4/c1-7(12(15)16-2)13-10-6-17-11-5-8(14)3-4-9(10)11/h3-5,7,10,13-14H,6H2,1-2H3.